The van der Waals surface area contributed by atoms with Crippen LogP contribution in [0.5, 0.6) is 0 Å². The molecule has 0 bridgehead atoms. The van der Waals surface area contributed by atoms with E-state index in [-0.39, 0.29) is 0 Å². The Kier molecular flexibility index (Phi) is 4.64. The lowest BCUT2D eigenvalue weighted by Gasteiger charge is -2.24. The van der Waals surface area contributed by atoms with Crippen LogP contribution in [0.2, 0.25) is 0 Å². The highest BCUT2D eigenvalue weighted by molar-refractivity contribution is 7.93. The van der Waals surface area contributed by atoms with Crippen molar-refractivity contribution in [3.8, 4) is 0 Å². The van der Waals surface area contributed by atoms with Gasteiger partial charge in [-0.2, -0.15) is 4.31 Å². The summed E-state index contributed by atoms with van der Waals surface area (Å²) in [7, 11) is -3.42. The van der Waals surface area contributed by atoms with Crippen molar-refractivity contribution in [2.45, 2.75) is 26.3 Å². The minimum absolute atomic E-state index is 0.415. The molecule has 0 saturated carbocycles. The first-order valence-electron chi connectivity index (χ1n) is 7.94. The molecule has 120 valence electrons. The Morgan fingerprint density at radius 1 is 0.957 bits per heavy atom. The van der Waals surface area contributed by atoms with E-state index < -0.39 is 10.0 Å². The highest BCUT2D eigenvalue weighted by atomic mass is 32.2. The fourth-order valence-corrected chi connectivity index (χ4v) is 4.56. The molecule has 0 spiro atoms. The van der Waals surface area contributed by atoms with Gasteiger partial charge in [0.25, 0.3) is 0 Å². The van der Waals surface area contributed by atoms with Gasteiger partial charge in [-0.1, -0.05) is 61.5 Å². The molecule has 3 nitrogen and oxygen atoms in total. The number of rotatable bonds is 5. The van der Waals surface area contributed by atoms with Gasteiger partial charge >= 0.3 is 0 Å². The lowest BCUT2D eigenvalue weighted by atomic mass is 9.98. The molecule has 0 aromatic heterocycles. The summed E-state index contributed by atoms with van der Waals surface area (Å²) in [5, 5.41) is 0. The van der Waals surface area contributed by atoms with Crippen LogP contribution in [0.3, 0.4) is 0 Å². The van der Waals surface area contributed by atoms with Crippen molar-refractivity contribution in [1.29, 1.82) is 0 Å². The van der Waals surface area contributed by atoms with Gasteiger partial charge in [0.05, 0.1) is 4.91 Å². The minimum atomic E-state index is -3.42. The topological polar surface area (TPSA) is 37.4 Å². The molecule has 2 aromatic carbocycles. The molecule has 0 aliphatic heterocycles. The number of allylic oxidation sites excluding steroid dienone is 1. The predicted molar refractivity (Wildman–Crippen MR) is 94.2 cm³/mol. The van der Waals surface area contributed by atoms with Crippen molar-refractivity contribution in [3.05, 3.63) is 76.2 Å². The number of hydrogen-bond acceptors (Lipinski definition) is 2. The van der Waals surface area contributed by atoms with E-state index in [1.165, 1.54) is 5.56 Å². The molecule has 4 heteroatoms. The van der Waals surface area contributed by atoms with Crippen molar-refractivity contribution >= 4 is 16.1 Å². The third kappa shape index (κ3) is 3.38. The van der Waals surface area contributed by atoms with Crippen LogP contribution in [0.25, 0.3) is 6.08 Å². The summed E-state index contributed by atoms with van der Waals surface area (Å²) in [5.74, 6) is 0. The van der Waals surface area contributed by atoms with Crippen molar-refractivity contribution < 1.29 is 8.42 Å². The maximum Gasteiger partial charge on any atom is 0.239 e. The Balaban J connectivity index is 1.90. The first kappa shape index (κ1) is 16.0. The van der Waals surface area contributed by atoms with E-state index in [9.17, 15) is 8.42 Å². The molecule has 0 amide bonds. The van der Waals surface area contributed by atoms with Crippen LogP contribution in [-0.2, 0) is 23.0 Å². The molecular weight excluding hydrogens is 306 g/mol. The summed E-state index contributed by atoms with van der Waals surface area (Å²) in [6, 6.07) is 17.7. The second-order valence-corrected chi connectivity index (χ2v) is 7.72. The van der Waals surface area contributed by atoms with Crippen LogP contribution in [0.15, 0.2) is 59.5 Å². The second kappa shape index (κ2) is 6.69. The SMILES string of the molecule is CCN(Cc1ccccc1)S(=O)(=O)C1=Cc2ccccc2CC1. The van der Waals surface area contributed by atoms with E-state index in [2.05, 4.69) is 6.07 Å². The molecule has 3 rings (SSSR count). The molecule has 1 aliphatic carbocycles. The van der Waals surface area contributed by atoms with Gasteiger partial charge in [0, 0.05) is 13.1 Å². The largest absolute Gasteiger partial charge is 0.239 e. The van der Waals surface area contributed by atoms with E-state index >= 15 is 0 Å². The van der Waals surface area contributed by atoms with Gasteiger partial charge in [0.1, 0.15) is 0 Å². The zero-order valence-electron chi connectivity index (χ0n) is 13.3. The zero-order valence-corrected chi connectivity index (χ0v) is 14.1. The lowest BCUT2D eigenvalue weighted by molar-refractivity contribution is 0.427. The van der Waals surface area contributed by atoms with E-state index in [0.717, 1.165) is 17.5 Å². The number of hydrogen-bond donors (Lipinski definition) is 0. The Morgan fingerprint density at radius 3 is 2.39 bits per heavy atom. The van der Waals surface area contributed by atoms with Crippen LogP contribution in [0, 0.1) is 0 Å². The molecule has 1 aliphatic rings. The Labute approximate surface area is 138 Å². The standard InChI is InChI=1S/C19H21NO2S/c1-2-20(15-16-8-4-3-5-9-16)23(21,22)19-13-12-17-10-6-7-11-18(17)14-19/h3-11,14H,2,12-13,15H2,1H3. The molecule has 0 N–H and O–H groups in total. The lowest BCUT2D eigenvalue weighted by Crippen LogP contribution is -2.32. The highest BCUT2D eigenvalue weighted by Crippen LogP contribution is 2.29. The summed E-state index contributed by atoms with van der Waals surface area (Å²) < 4.78 is 27.5. The van der Waals surface area contributed by atoms with Crippen LogP contribution in [0.4, 0.5) is 0 Å². The fourth-order valence-electron chi connectivity index (χ4n) is 2.93. The summed E-state index contributed by atoms with van der Waals surface area (Å²) >= 11 is 0. The van der Waals surface area contributed by atoms with Crippen molar-refractivity contribution in [2.75, 3.05) is 6.54 Å². The van der Waals surface area contributed by atoms with Gasteiger partial charge in [-0.25, -0.2) is 8.42 Å². The average Bonchev–Trinajstić information content (AvgIpc) is 2.60. The zero-order chi connectivity index (χ0) is 16.3. The smallest absolute Gasteiger partial charge is 0.207 e. The van der Waals surface area contributed by atoms with E-state index in [1.807, 2.05) is 61.5 Å². The second-order valence-electron chi connectivity index (χ2n) is 5.73. The molecule has 0 heterocycles. The van der Waals surface area contributed by atoms with E-state index in [4.69, 9.17) is 0 Å². The average molecular weight is 327 g/mol. The van der Waals surface area contributed by atoms with Crippen LogP contribution in [-0.4, -0.2) is 19.3 Å². The van der Waals surface area contributed by atoms with Gasteiger partial charge in [-0.05, 0) is 35.6 Å². The first-order chi connectivity index (χ1) is 11.1. The Morgan fingerprint density at radius 2 is 1.65 bits per heavy atom. The normalized spacial score (nSPS) is 14.4. The third-order valence-electron chi connectivity index (χ3n) is 4.24. The third-order valence-corrected chi connectivity index (χ3v) is 6.29. The van der Waals surface area contributed by atoms with Crippen molar-refractivity contribution in [3.63, 3.8) is 0 Å². The van der Waals surface area contributed by atoms with Crippen molar-refractivity contribution in [1.82, 2.24) is 4.31 Å². The van der Waals surface area contributed by atoms with Crippen LogP contribution < -0.4 is 0 Å². The van der Waals surface area contributed by atoms with Gasteiger partial charge in [-0.15, -0.1) is 0 Å². The van der Waals surface area contributed by atoms with Crippen molar-refractivity contribution in [2.24, 2.45) is 0 Å². The number of nitrogens with zero attached hydrogens (tertiary/aromatic N) is 1. The summed E-state index contributed by atoms with van der Waals surface area (Å²) in [6.07, 6.45) is 3.19. The Hall–Kier alpha value is -1.91. The minimum Gasteiger partial charge on any atom is -0.207 e. The van der Waals surface area contributed by atoms with Crippen LogP contribution >= 0.6 is 0 Å². The summed E-state index contributed by atoms with van der Waals surface area (Å²) in [5.41, 5.74) is 3.25. The van der Waals surface area contributed by atoms with Gasteiger partial charge in [0.15, 0.2) is 0 Å². The predicted octanol–water partition coefficient (Wildman–Crippen LogP) is 3.83. The molecule has 0 radical (unpaired) electrons. The number of benzene rings is 2. The molecule has 2 aromatic rings. The molecule has 0 atom stereocenters. The maximum atomic E-state index is 13.0. The fraction of sp³-hybridized carbons (Fsp3) is 0.263. The number of aryl methyl sites for hydroxylation is 1. The summed E-state index contributed by atoms with van der Waals surface area (Å²) in [4.78, 5) is 0.522. The summed E-state index contributed by atoms with van der Waals surface area (Å²) in [6.45, 7) is 2.77. The van der Waals surface area contributed by atoms with Crippen LogP contribution in [0.1, 0.15) is 30.0 Å². The molecule has 0 fully saturated rings. The molecule has 0 saturated heterocycles. The van der Waals surface area contributed by atoms with E-state index in [1.54, 1.807) is 4.31 Å². The number of sulfonamides is 1. The maximum absolute atomic E-state index is 13.0. The van der Waals surface area contributed by atoms with Gasteiger partial charge < -0.3 is 0 Å². The molecule has 23 heavy (non-hydrogen) atoms. The number of fused-ring (bicyclic) bond motifs is 1. The van der Waals surface area contributed by atoms with E-state index in [0.29, 0.717) is 24.4 Å². The highest BCUT2D eigenvalue weighted by Gasteiger charge is 2.27. The first-order valence-corrected chi connectivity index (χ1v) is 9.38. The molecule has 0 unspecified atom stereocenters. The van der Waals surface area contributed by atoms with Gasteiger partial charge in [-0.3, -0.25) is 0 Å². The quantitative estimate of drug-likeness (QED) is 0.837. The Bertz CT molecular complexity index is 810. The monoisotopic (exact) mass is 327 g/mol. The molecular formula is C19H21NO2S. The van der Waals surface area contributed by atoms with Gasteiger partial charge in [0.2, 0.25) is 10.0 Å².